The molecule has 1 aliphatic rings. The number of aliphatic hydroxyl groups is 3. The first-order chi connectivity index (χ1) is 8.97. The minimum Gasteiger partial charge on any atom is -0.340 e. The summed E-state index contributed by atoms with van der Waals surface area (Å²) in [5, 5.41) is 27.5. The molecule has 0 bridgehead atoms. The fourth-order valence-corrected chi connectivity index (χ4v) is 2.42. The van der Waals surface area contributed by atoms with Gasteiger partial charge in [0, 0.05) is 16.7 Å². The molecule has 0 saturated carbocycles. The lowest BCUT2D eigenvalue weighted by Crippen LogP contribution is -2.25. The lowest BCUT2D eigenvalue weighted by Gasteiger charge is -2.21. The first kappa shape index (κ1) is 12.0. The van der Waals surface area contributed by atoms with Gasteiger partial charge in [0.05, 0.1) is 0 Å². The fourth-order valence-electron chi connectivity index (χ4n) is 2.42. The van der Waals surface area contributed by atoms with Gasteiger partial charge in [-0.3, -0.25) is 4.79 Å². The summed E-state index contributed by atoms with van der Waals surface area (Å²) in [6.45, 7) is 0. The Kier molecular flexibility index (Phi) is 2.53. The summed E-state index contributed by atoms with van der Waals surface area (Å²) in [7, 11) is 0. The molecular weight excluding hydrogens is 244 g/mol. The van der Waals surface area contributed by atoms with Gasteiger partial charge in [-0.15, -0.1) is 0 Å². The van der Waals surface area contributed by atoms with E-state index in [2.05, 4.69) is 0 Å². The maximum absolute atomic E-state index is 12.3. The van der Waals surface area contributed by atoms with Gasteiger partial charge in [0.25, 0.3) is 0 Å². The average molecular weight is 256 g/mol. The van der Waals surface area contributed by atoms with E-state index in [-0.39, 0.29) is 11.3 Å². The van der Waals surface area contributed by atoms with E-state index in [0.29, 0.717) is 23.1 Å². The van der Waals surface area contributed by atoms with Crippen LogP contribution in [0.2, 0.25) is 0 Å². The van der Waals surface area contributed by atoms with Crippen LogP contribution in [0, 0.1) is 0 Å². The van der Waals surface area contributed by atoms with E-state index >= 15 is 0 Å². The molecule has 4 heteroatoms. The third-order valence-electron chi connectivity index (χ3n) is 3.38. The fraction of sp³-hybridized carbons (Fsp3) is 0.133. The smallest absolute Gasteiger partial charge is 0.304 e. The molecule has 2 aromatic carbocycles. The first-order valence-electron chi connectivity index (χ1n) is 5.90. The molecule has 0 amide bonds. The molecule has 4 nitrogen and oxygen atoms in total. The Labute approximate surface area is 109 Å². The van der Waals surface area contributed by atoms with Crippen LogP contribution in [0.5, 0.6) is 0 Å². The number of hydrogen-bond acceptors (Lipinski definition) is 4. The normalized spacial score (nSPS) is 13.9. The lowest BCUT2D eigenvalue weighted by atomic mass is 9.84. The van der Waals surface area contributed by atoms with E-state index in [9.17, 15) is 20.1 Å². The second-order valence-corrected chi connectivity index (χ2v) is 4.67. The monoisotopic (exact) mass is 256 g/mol. The number of hydrogen-bond donors (Lipinski definition) is 3. The second-order valence-electron chi connectivity index (χ2n) is 4.67. The van der Waals surface area contributed by atoms with Crippen molar-refractivity contribution >= 4 is 5.78 Å². The quantitative estimate of drug-likeness (QED) is 0.565. The highest BCUT2D eigenvalue weighted by Gasteiger charge is 2.27. The van der Waals surface area contributed by atoms with Crippen molar-refractivity contribution in [3.05, 3.63) is 70.3 Å². The van der Waals surface area contributed by atoms with Gasteiger partial charge in [-0.2, -0.15) is 0 Å². The molecule has 0 aliphatic heterocycles. The Bertz CT molecular complexity index is 668. The van der Waals surface area contributed by atoms with E-state index in [1.807, 2.05) is 18.2 Å². The van der Waals surface area contributed by atoms with Crippen molar-refractivity contribution in [3.8, 4) is 0 Å². The van der Waals surface area contributed by atoms with Crippen molar-refractivity contribution in [1.82, 2.24) is 0 Å². The minimum absolute atomic E-state index is 0.0431. The van der Waals surface area contributed by atoms with E-state index in [1.54, 1.807) is 6.07 Å². The van der Waals surface area contributed by atoms with Gasteiger partial charge in [0.1, 0.15) is 0 Å². The van der Waals surface area contributed by atoms with Crippen molar-refractivity contribution in [2.24, 2.45) is 0 Å². The summed E-state index contributed by atoms with van der Waals surface area (Å²) in [6.07, 6.45) is 0.529. The molecule has 0 saturated heterocycles. The zero-order valence-corrected chi connectivity index (χ0v) is 10.00. The van der Waals surface area contributed by atoms with Crippen LogP contribution in [0.1, 0.15) is 32.6 Å². The average Bonchev–Trinajstić information content (AvgIpc) is 2.37. The predicted octanol–water partition coefficient (Wildman–Crippen LogP) is 0.909. The number of fused-ring (bicyclic) bond motifs is 2. The maximum atomic E-state index is 12.3. The molecule has 0 spiro atoms. The third kappa shape index (κ3) is 1.96. The van der Waals surface area contributed by atoms with Crippen LogP contribution in [-0.2, 0) is 12.4 Å². The van der Waals surface area contributed by atoms with E-state index in [4.69, 9.17) is 0 Å². The molecule has 0 heterocycles. The Morgan fingerprint density at radius 1 is 0.895 bits per heavy atom. The van der Waals surface area contributed by atoms with Crippen LogP contribution >= 0.6 is 0 Å². The molecule has 0 atom stereocenters. The van der Waals surface area contributed by atoms with Gasteiger partial charge in [-0.25, -0.2) is 0 Å². The van der Waals surface area contributed by atoms with Gasteiger partial charge >= 0.3 is 5.97 Å². The first-order valence-corrected chi connectivity index (χ1v) is 5.90. The molecule has 1 aliphatic carbocycles. The predicted molar refractivity (Wildman–Crippen MR) is 67.5 cm³/mol. The molecule has 0 fully saturated rings. The summed E-state index contributed by atoms with van der Waals surface area (Å²) < 4.78 is 0. The van der Waals surface area contributed by atoms with Crippen molar-refractivity contribution in [2.45, 2.75) is 12.4 Å². The molecule has 0 radical (unpaired) electrons. The SMILES string of the molecule is O=C1c2ccccc2Cc2cc(C(O)(O)O)ccc21. The Morgan fingerprint density at radius 2 is 1.58 bits per heavy atom. The Hall–Kier alpha value is -2.01. The zero-order valence-electron chi connectivity index (χ0n) is 10.00. The highest BCUT2D eigenvalue weighted by atomic mass is 16.7. The van der Waals surface area contributed by atoms with E-state index in [0.717, 1.165) is 5.56 Å². The Balaban J connectivity index is 2.13. The second kappa shape index (κ2) is 3.99. The summed E-state index contributed by atoms with van der Waals surface area (Å²) in [4.78, 5) is 12.3. The lowest BCUT2D eigenvalue weighted by molar-refractivity contribution is -0.323. The molecule has 3 N–H and O–H groups in total. The van der Waals surface area contributed by atoms with Crippen LogP contribution in [0.15, 0.2) is 42.5 Å². The van der Waals surface area contributed by atoms with Gasteiger partial charge in [0.2, 0.25) is 0 Å². The molecule has 0 unspecified atom stereocenters. The van der Waals surface area contributed by atoms with E-state index < -0.39 is 5.97 Å². The largest absolute Gasteiger partial charge is 0.340 e. The van der Waals surface area contributed by atoms with Crippen LogP contribution in [0.3, 0.4) is 0 Å². The maximum Gasteiger partial charge on any atom is 0.304 e. The highest BCUT2D eigenvalue weighted by Crippen LogP contribution is 2.29. The molecule has 3 rings (SSSR count). The molecule has 2 aromatic rings. The van der Waals surface area contributed by atoms with Crippen molar-refractivity contribution < 1.29 is 20.1 Å². The minimum atomic E-state index is -2.88. The summed E-state index contributed by atoms with van der Waals surface area (Å²) >= 11 is 0. The van der Waals surface area contributed by atoms with Crippen LogP contribution in [0.25, 0.3) is 0 Å². The van der Waals surface area contributed by atoms with Crippen LogP contribution < -0.4 is 0 Å². The zero-order chi connectivity index (χ0) is 13.6. The van der Waals surface area contributed by atoms with Gasteiger partial charge < -0.3 is 15.3 Å². The standard InChI is InChI=1S/C15H12O4/c16-14-12-4-2-1-3-9(12)7-10-8-11(15(17,18)19)5-6-13(10)14/h1-6,8,17-19H,7H2. The van der Waals surface area contributed by atoms with Gasteiger partial charge in [-0.1, -0.05) is 36.4 Å². The number of carbonyl (C=O) groups is 1. The number of carbonyl (C=O) groups excluding carboxylic acids is 1. The number of ketones is 1. The summed E-state index contributed by atoms with van der Waals surface area (Å²) in [6, 6.07) is 11.6. The number of benzene rings is 2. The van der Waals surface area contributed by atoms with Crippen molar-refractivity contribution in [3.63, 3.8) is 0 Å². The van der Waals surface area contributed by atoms with Crippen molar-refractivity contribution in [1.29, 1.82) is 0 Å². The highest BCUT2D eigenvalue weighted by molar-refractivity contribution is 6.12. The van der Waals surface area contributed by atoms with Gasteiger partial charge in [0.15, 0.2) is 5.78 Å². The molecule has 96 valence electrons. The van der Waals surface area contributed by atoms with Gasteiger partial charge in [-0.05, 0) is 23.6 Å². The molecule has 19 heavy (non-hydrogen) atoms. The number of rotatable bonds is 1. The van der Waals surface area contributed by atoms with Crippen LogP contribution in [0.4, 0.5) is 0 Å². The third-order valence-corrected chi connectivity index (χ3v) is 3.38. The summed E-state index contributed by atoms with van der Waals surface area (Å²) in [5.74, 6) is -2.96. The molecule has 0 aromatic heterocycles. The van der Waals surface area contributed by atoms with Crippen LogP contribution in [-0.4, -0.2) is 21.1 Å². The topological polar surface area (TPSA) is 77.8 Å². The molecular formula is C15H12O4. The van der Waals surface area contributed by atoms with Crippen molar-refractivity contribution in [2.75, 3.05) is 0 Å². The Morgan fingerprint density at radius 3 is 2.32 bits per heavy atom. The van der Waals surface area contributed by atoms with E-state index in [1.165, 1.54) is 18.2 Å². The summed E-state index contributed by atoms with van der Waals surface area (Å²) in [5.41, 5.74) is 2.75.